The molecule has 1 unspecified atom stereocenters. The number of methoxy groups -OCH3 is 2. The second kappa shape index (κ2) is 5.73. The van der Waals surface area contributed by atoms with Crippen molar-refractivity contribution < 1.29 is 9.47 Å². The maximum atomic E-state index is 5.29. The van der Waals surface area contributed by atoms with E-state index in [0.717, 1.165) is 11.3 Å². The van der Waals surface area contributed by atoms with Gasteiger partial charge in [-0.1, -0.05) is 12.1 Å². The molecule has 0 heterocycles. The fourth-order valence-corrected chi connectivity index (χ4v) is 1.57. The lowest BCUT2D eigenvalue weighted by atomic mass is 10.1. The second-order valence-electron chi connectivity index (χ2n) is 3.53. The zero-order valence-electron chi connectivity index (χ0n) is 9.83. The van der Waals surface area contributed by atoms with Crippen molar-refractivity contribution in [3.63, 3.8) is 0 Å². The minimum Gasteiger partial charge on any atom is -0.496 e. The molecular formula is C12H19NO2. The van der Waals surface area contributed by atoms with Crippen LogP contribution in [-0.2, 0) is 4.74 Å². The van der Waals surface area contributed by atoms with Crippen LogP contribution in [0.1, 0.15) is 17.2 Å². The highest BCUT2D eigenvalue weighted by molar-refractivity contribution is 5.37. The molecule has 0 bridgehead atoms. The zero-order chi connectivity index (χ0) is 11.3. The summed E-state index contributed by atoms with van der Waals surface area (Å²) in [5.41, 5.74) is 2.33. The number of benzene rings is 1. The topological polar surface area (TPSA) is 30.5 Å². The van der Waals surface area contributed by atoms with Gasteiger partial charge in [-0.15, -0.1) is 0 Å². The first-order valence-electron chi connectivity index (χ1n) is 5.03. The molecule has 1 N–H and O–H groups in total. The largest absolute Gasteiger partial charge is 0.496 e. The Balaban J connectivity index is 2.92. The molecule has 1 aromatic carbocycles. The van der Waals surface area contributed by atoms with Crippen molar-refractivity contribution in [2.24, 2.45) is 0 Å². The SMILES string of the molecule is CNC(COC)c1ccc(C)c(OC)c1. The van der Waals surface area contributed by atoms with Crippen molar-refractivity contribution in [3.8, 4) is 5.75 Å². The number of aryl methyl sites for hydroxylation is 1. The highest BCUT2D eigenvalue weighted by Crippen LogP contribution is 2.23. The maximum Gasteiger partial charge on any atom is 0.122 e. The Bertz CT molecular complexity index is 312. The first kappa shape index (κ1) is 12.0. The van der Waals surface area contributed by atoms with E-state index in [0.29, 0.717) is 6.61 Å². The Morgan fingerprint density at radius 2 is 2.07 bits per heavy atom. The first-order chi connectivity index (χ1) is 7.22. The molecule has 1 rings (SSSR count). The van der Waals surface area contributed by atoms with Gasteiger partial charge >= 0.3 is 0 Å². The molecule has 3 heteroatoms. The van der Waals surface area contributed by atoms with Gasteiger partial charge in [0, 0.05) is 7.11 Å². The minimum absolute atomic E-state index is 0.212. The van der Waals surface area contributed by atoms with Crippen LogP contribution in [0.25, 0.3) is 0 Å². The Kier molecular flexibility index (Phi) is 4.59. The summed E-state index contributed by atoms with van der Waals surface area (Å²) in [5.74, 6) is 0.920. The van der Waals surface area contributed by atoms with Crippen LogP contribution in [0.4, 0.5) is 0 Å². The van der Waals surface area contributed by atoms with Gasteiger partial charge in [0.15, 0.2) is 0 Å². The van der Waals surface area contributed by atoms with Crippen LogP contribution in [0.3, 0.4) is 0 Å². The third-order valence-electron chi connectivity index (χ3n) is 2.52. The van der Waals surface area contributed by atoms with E-state index < -0.39 is 0 Å². The fraction of sp³-hybridized carbons (Fsp3) is 0.500. The van der Waals surface area contributed by atoms with E-state index in [1.54, 1.807) is 14.2 Å². The van der Waals surface area contributed by atoms with Crippen LogP contribution in [0.5, 0.6) is 5.75 Å². The number of rotatable bonds is 5. The van der Waals surface area contributed by atoms with E-state index in [-0.39, 0.29) is 6.04 Å². The van der Waals surface area contributed by atoms with E-state index in [9.17, 15) is 0 Å². The van der Waals surface area contributed by atoms with Gasteiger partial charge in [-0.3, -0.25) is 0 Å². The van der Waals surface area contributed by atoms with Crippen LogP contribution >= 0.6 is 0 Å². The van der Waals surface area contributed by atoms with Gasteiger partial charge in [-0.25, -0.2) is 0 Å². The van der Waals surface area contributed by atoms with Gasteiger partial charge in [-0.2, -0.15) is 0 Å². The summed E-state index contributed by atoms with van der Waals surface area (Å²) < 4.78 is 10.4. The average Bonchev–Trinajstić information content (AvgIpc) is 2.27. The molecule has 0 aliphatic heterocycles. The van der Waals surface area contributed by atoms with E-state index in [2.05, 4.69) is 23.5 Å². The molecule has 0 aliphatic carbocycles. The summed E-state index contributed by atoms with van der Waals surface area (Å²) in [6.45, 7) is 2.69. The molecule has 0 aromatic heterocycles. The van der Waals surface area contributed by atoms with Gasteiger partial charge in [0.1, 0.15) is 5.75 Å². The van der Waals surface area contributed by atoms with Gasteiger partial charge in [-0.05, 0) is 31.2 Å². The van der Waals surface area contributed by atoms with Gasteiger partial charge in [0.25, 0.3) is 0 Å². The predicted molar refractivity (Wildman–Crippen MR) is 61.4 cm³/mol. The lowest BCUT2D eigenvalue weighted by Gasteiger charge is -2.17. The molecule has 0 amide bonds. The molecular weight excluding hydrogens is 190 g/mol. The number of hydrogen-bond acceptors (Lipinski definition) is 3. The predicted octanol–water partition coefficient (Wildman–Crippen LogP) is 1.91. The van der Waals surface area contributed by atoms with E-state index in [1.165, 1.54) is 5.56 Å². The van der Waals surface area contributed by atoms with Crippen molar-refractivity contribution in [3.05, 3.63) is 29.3 Å². The van der Waals surface area contributed by atoms with Gasteiger partial charge in [0.2, 0.25) is 0 Å². The smallest absolute Gasteiger partial charge is 0.122 e. The van der Waals surface area contributed by atoms with Crippen LogP contribution in [0, 0.1) is 6.92 Å². The summed E-state index contributed by atoms with van der Waals surface area (Å²) >= 11 is 0. The van der Waals surface area contributed by atoms with E-state index in [4.69, 9.17) is 9.47 Å². The molecule has 0 spiro atoms. The monoisotopic (exact) mass is 209 g/mol. The number of likely N-dealkylation sites (N-methyl/N-ethyl adjacent to an activating group) is 1. The fourth-order valence-electron chi connectivity index (χ4n) is 1.57. The molecule has 0 radical (unpaired) electrons. The van der Waals surface area contributed by atoms with Crippen LogP contribution < -0.4 is 10.1 Å². The minimum atomic E-state index is 0.212. The molecule has 1 aromatic rings. The van der Waals surface area contributed by atoms with Crippen molar-refractivity contribution in [1.29, 1.82) is 0 Å². The lowest BCUT2D eigenvalue weighted by Crippen LogP contribution is -2.21. The Morgan fingerprint density at radius 3 is 2.60 bits per heavy atom. The molecule has 0 saturated carbocycles. The van der Waals surface area contributed by atoms with Crippen LogP contribution in [0.15, 0.2) is 18.2 Å². The van der Waals surface area contributed by atoms with Crippen molar-refractivity contribution in [2.75, 3.05) is 27.9 Å². The van der Waals surface area contributed by atoms with E-state index >= 15 is 0 Å². The van der Waals surface area contributed by atoms with Gasteiger partial charge in [0.05, 0.1) is 19.8 Å². The second-order valence-corrected chi connectivity index (χ2v) is 3.53. The van der Waals surface area contributed by atoms with E-state index in [1.807, 2.05) is 14.0 Å². The van der Waals surface area contributed by atoms with Crippen molar-refractivity contribution in [1.82, 2.24) is 5.32 Å². The highest BCUT2D eigenvalue weighted by atomic mass is 16.5. The standard InChI is InChI=1S/C12H19NO2/c1-9-5-6-10(7-12(9)15-4)11(13-2)8-14-3/h5-7,11,13H,8H2,1-4H3. The average molecular weight is 209 g/mol. The summed E-state index contributed by atoms with van der Waals surface area (Å²) in [6.07, 6.45) is 0. The molecule has 84 valence electrons. The third kappa shape index (κ3) is 2.94. The van der Waals surface area contributed by atoms with Crippen molar-refractivity contribution in [2.45, 2.75) is 13.0 Å². The molecule has 1 atom stereocenters. The van der Waals surface area contributed by atoms with Crippen molar-refractivity contribution >= 4 is 0 Å². The lowest BCUT2D eigenvalue weighted by molar-refractivity contribution is 0.170. The quantitative estimate of drug-likeness (QED) is 0.803. The summed E-state index contributed by atoms with van der Waals surface area (Å²) in [5, 5.41) is 3.21. The molecule has 0 saturated heterocycles. The molecule has 3 nitrogen and oxygen atoms in total. The van der Waals surface area contributed by atoms with Gasteiger partial charge < -0.3 is 14.8 Å². The normalized spacial score (nSPS) is 12.5. The Morgan fingerprint density at radius 1 is 1.33 bits per heavy atom. The summed E-state index contributed by atoms with van der Waals surface area (Å²) in [6, 6.07) is 6.42. The Labute approximate surface area is 91.4 Å². The Hall–Kier alpha value is -1.06. The number of ether oxygens (including phenoxy) is 2. The summed E-state index contributed by atoms with van der Waals surface area (Å²) in [4.78, 5) is 0. The molecule has 15 heavy (non-hydrogen) atoms. The number of hydrogen-bond donors (Lipinski definition) is 1. The van der Waals surface area contributed by atoms with Crippen LogP contribution in [-0.4, -0.2) is 27.9 Å². The third-order valence-corrected chi connectivity index (χ3v) is 2.52. The maximum absolute atomic E-state index is 5.29. The molecule has 0 fully saturated rings. The summed E-state index contributed by atoms with van der Waals surface area (Å²) in [7, 11) is 5.32. The zero-order valence-corrected chi connectivity index (χ0v) is 9.83. The van der Waals surface area contributed by atoms with Crippen LogP contribution in [0.2, 0.25) is 0 Å². The molecule has 0 aliphatic rings. The first-order valence-corrected chi connectivity index (χ1v) is 5.03. The number of nitrogens with one attached hydrogen (secondary N) is 1. The highest BCUT2D eigenvalue weighted by Gasteiger charge is 2.10.